The lowest BCUT2D eigenvalue weighted by molar-refractivity contribution is 0.100. The Kier molecular flexibility index (Phi) is 5.94. The maximum absolute atomic E-state index is 12.2. The summed E-state index contributed by atoms with van der Waals surface area (Å²) in [5.74, 6) is 5.52. The second kappa shape index (κ2) is 8.99. The number of H-pyrrole nitrogens is 1. The first-order valence-corrected chi connectivity index (χ1v) is 10.2. The van der Waals surface area contributed by atoms with Crippen LogP contribution in [-0.4, -0.2) is 27.1 Å². The maximum atomic E-state index is 12.2. The van der Waals surface area contributed by atoms with Crippen molar-refractivity contribution in [2.45, 2.75) is 6.92 Å². The molecule has 4 rings (SSSR count). The van der Waals surface area contributed by atoms with Crippen LogP contribution >= 0.6 is 11.6 Å². The van der Waals surface area contributed by atoms with Gasteiger partial charge in [0.2, 0.25) is 5.95 Å². The molecule has 162 valence electrons. The third kappa shape index (κ3) is 4.61. The molecule has 0 aliphatic carbocycles. The lowest BCUT2D eigenvalue weighted by Crippen LogP contribution is -2.11. The number of aryl methyl sites for hydroxylation is 1. The number of aldehydes is 1. The number of carbonyl (C=O) groups excluding carboxylic acids is 2. The molecule has 0 bridgehead atoms. The number of aromatic amines is 1. The van der Waals surface area contributed by atoms with Crippen LogP contribution in [0, 0.1) is 18.8 Å². The van der Waals surface area contributed by atoms with Crippen LogP contribution in [0.2, 0.25) is 5.02 Å². The quantitative estimate of drug-likeness (QED) is 0.316. The van der Waals surface area contributed by atoms with Crippen molar-refractivity contribution >= 4 is 29.7 Å². The lowest BCUT2D eigenvalue weighted by Gasteiger charge is -2.07. The molecule has 1 amide bonds. The third-order valence-electron chi connectivity index (χ3n) is 5.00. The van der Waals surface area contributed by atoms with E-state index in [1.165, 1.54) is 6.20 Å². The molecule has 0 fully saturated rings. The van der Waals surface area contributed by atoms with Gasteiger partial charge in [0.05, 0.1) is 22.5 Å². The number of halogens is 1. The fraction of sp³-hybridized carbons (Fsp3) is 0.0400. The summed E-state index contributed by atoms with van der Waals surface area (Å²) in [7, 11) is 0. The molecule has 4 aromatic rings. The van der Waals surface area contributed by atoms with Crippen LogP contribution in [0.4, 0.5) is 5.95 Å². The van der Waals surface area contributed by atoms with Gasteiger partial charge in [-0.05, 0) is 42.8 Å². The number of nitrogens with one attached hydrogen (secondary N) is 1. The minimum atomic E-state index is -0.600. The fourth-order valence-corrected chi connectivity index (χ4v) is 3.50. The number of hydrogen-bond acceptors (Lipinski definition) is 5. The SMILES string of the molecule is Cc1ccc(Cl)cc1-c1[nH]c(-c2nc(N)ncc2C#Cc2ccc(C=O)cc2)cc1C(N)=O. The molecule has 2 aromatic carbocycles. The molecule has 33 heavy (non-hydrogen) atoms. The van der Waals surface area contributed by atoms with E-state index in [9.17, 15) is 9.59 Å². The molecule has 0 saturated heterocycles. The van der Waals surface area contributed by atoms with Gasteiger partial charge >= 0.3 is 0 Å². The van der Waals surface area contributed by atoms with Crippen molar-refractivity contribution in [3.05, 3.63) is 87.6 Å². The highest BCUT2D eigenvalue weighted by Gasteiger charge is 2.19. The van der Waals surface area contributed by atoms with Crippen LogP contribution in [0.3, 0.4) is 0 Å². The van der Waals surface area contributed by atoms with Gasteiger partial charge in [0.1, 0.15) is 12.0 Å². The highest BCUT2D eigenvalue weighted by atomic mass is 35.5. The average Bonchev–Trinajstić information content (AvgIpc) is 3.25. The van der Waals surface area contributed by atoms with Crippen LogP contribution < -0.4 is 11.5 Å². The Balaban J connectivity index is 1.84. The van der Waals surface area contributed by atoms with Crippen LogP contribution in [-0.2, 0) is 0 Å². The molecular weight excluding hydrogens is 438 g/mol. The van der Waals surface area contributed by atoms with Gasteiger partial charge in [-0.3, -0.25) is 9.59 Å². The van der Waals surface area contributed by atoms with Gasteiger partial charge in [-0.2, -0.15) is 0 Å². The number of aromatic nitrogens is 3. The monoisotopic (exact) mass is 455 g/mol. The highest BCUT2D eigenvalue weighted by Crippen LogP contribution is 2.33. The number of nitrogens with two attached hydrogens (primary N) is 2. The van der Waals surface area contributed by atoms with Gasteiger partial charge in [-0.25, -0.2) is 9.97 Å². The molecular formula is C25H18ClN5O2. The largest absolute Gasteiger partial charge is 0.368 e. The summed E-state index contributed by atoms with van der Waals surface area (Å²) in [6.07, 6.45) is 2.28. The second-order valence-electron chi connectivity index (χ2n) is 7.28. The van der Waals surface area contributed by atoms with E-state index in [-0.39, 0.29) is 11.5 Å². The van der Waals surface area contributed by atoms with Crippen molar-refractivity contribution in [3.8, 4) is 34.5 Å². The zero-order valence-corrected chi connectivity index (χ0v) is 18.3. The number of hydrogen-bond donors (Lipinski definition) is 3. The van der Waals surface area contributed by atoms with E-state index in [4.69, 9.17) is 23.1 Å². The number of benzene rings is 2. The fourth-order valence-electron chi connectivity index (χ4n) is 3.33. The van der Waals surface area contributed by atoms with Crippen LogP contribution in [0.1, 0.15) is 37.4 Å². The predicted molar refractivity (Wildman–Crippen MR) is 128 cm³/mol. The third-order valence-corrected chi connectivity index (χ3v) is 5.24. The zero-order chi connectivity index (χ0) is 23.5. The Morgan fingerprint density at radius 3 is 2.58 bits per heavy atom. The molecule has 0 radical (unpaired) electrons. The van der Waals surface area contributed by atoms with Crippen molar-refractivity contribution in [1.29, 1.82) is 0 Å². The van der Waals surface area contributed by atoms with Gasteiger partial charge < -0.3 is 16.5 Å². The number of rotatable bonds is 4. The number of anilines is 1. The Bertz CT molecular complexity index is 1450. The van der Waals surface area contributed by atoms with Crippen LogP contribution in [0.5, 0.6) is 0 Å². The summed E-state index contributed by atoms with van der Waals surface area (Å²) in [5.41, 5.74) is 16.7. The number of primary amides is 1. The Hall–Kier alpha value is -4.41. The molecule has 0 spiro atoms. The standard InChI is InChI=1S/C25H18ClN5O2/c1-14-2-9-18(26)10-19(14)23-20(24(27)33)11-21(30-23)22-17(12-29-25(28)31-22)8-7-15-3-5-16(13-32)6-4-15/h2-6,9-13,30H,1H3,(H2,27,33)(H2,28,29,31). The van der Waals surface area contributed by atoms with Gasteiger partial charge in [-0.15, -0.1) is 0 Å². The smallest absolute Gasteiger partial charge is 0.250 e. The lowest BCUT2D eigenvalue weighted by atomic mass is 10.0. The predicted octanol–water partition coefficient (Wildman–Crippen LogP) is 3.99. The number of nitrogen functional groups attached to an aromatic ring is 1. The van der Waals surface area contributed by atoms with Crippen molar-refractivity contribution in [2.24, 2.45) is 5.73 Å². The van der Waals surface area contributed by atoms with Gasteiger partial charge in [-0.1, -0.05) is 41.6 Å². The second-order valence-corrected chi connectivity index (χ2v) is 7.71. The molecule has 0 atom stereocenters. The van der Waals surface area contributed by atoms with Crippen molar-refractivity contribution in [1.82, 2.24) is 15.0 Å². The van der Waals surface area contributed by atoms with Crippen molar-refractivity contribution in [3.63, 3.8) is 0 Å². The summed E-state index contributed by atoms with van der Waals surface area (Å²) in [6.45, 7) is 1.91. The number of nitrogens with zero attached hydrogens (tertiary/aromatic N) is 2. The van der Waals surface area contributed by atoms with E-state index in [1.807, 2.05) is 13.0 Å². The minimum absolute atomic E-state index is 0.0570. The van der Waals surface area contributed by atoms with Crippen molar-refractivity contribution < 1.29 is 9.59 Å². The van der Waals surface area contributed by atoms with Gasteiger partial charge in [0.25, 0.3) is 5.91 Å². The molecule has 0 unspecified atom stereocenters. The minimum Gasteiger partial charge on any atom is -0.368 e. The Labute approximate surface area is 194 Å². The molecule has 8 heteroatoms. The Morgan fingerprint density at radius 1 is 1.12 bits per heavy atom. The first-order chi connectivity index (χ1) is 15.9. The zero-order valence-electron chi connectivity index (χ0n) is 17.5. The molecule has 2 aromatic heterocycles. The first kappa shape index (κ1) is 21.8. The summed E-state index contributed by atoms with van der Waals surface area (Å²) in [6, 6.07) is 13.9. The van der Waals surface area contributed by atoms with Gasteiger partial charge in [0, 0.05) is 27.9 Å². The van der Waals surface area contributed by atoms with Crippen LogP contribution in [0.15, 0.2) is 54.7 Å². The molecule has 5 N–H and O–H groups in total. The summed E-state index contributed by atoms with van der Waals surface area (Å²) >= 11 is 6.18. The molecule has 7 nitrogen and oxygen atoms in total. The average molecular weight is 456 g/mol. The van der Waals surface area contributed by atoms with Crippen molar-refractivity contribution in [2.75, 3.05) is 5.73 Å². The van der Waals surface area contributed by atoms with E-state index in [0.717, 1.165) is 17.4 Å². The summed E-state index contributed by atoms with van der Waals surface area (Å²) < 4.78 is 0. The van der Waals surface area contributed by atoms with E-state index < -0.39 is 5.91 Å². The number of amides is 1. The summed E-state index contributed by atoms with van der Waals surface area (Å²) in [5, 5.41) is 0.528. The maximum Gasteiger partial charge on any atom is 0.250 e. The molecule has 2 heterocycles. The Morgan fingerprint density at radius 2 is 1.88 bits per heavy atom. The highest BCUT2D eigenvalue weighted by molar-refractivity contribution is 6.31. The van der Waals surface area contributed by atoms with E-state index in [1.54, 1.807) is 42.5 Å². The molecule has 0 saturated carbocycles. The number of carbonyl (C=O) groups is 2. The molecule has 0 aliphatic rings. The summed E-state index contributed by atoms with van der Waals surface area (Å²) in [4.78, 5) is 34.7. The first-order valence-electron chi connectivity index (χ1n) is 9.85. The van der Waals surface area contributed by atoms with E-state index in [0.29, 0.717) is 38.8 Å². The van der Waals surface area contributed by atoms with E-state index >= 15 is 0 Å². The molecule has 0 aliphatic heterocycles. The van der Waals surface area contributed by atoms with E-state index in [2.05, 4.69) is 26.8 Å². The topological polar surface area (TPSA) is 128 Å². The van der Waals surface area contributed by atoms with Crippen LogP contribution in [0.25, 0.3) is 22.6 Å². The normalized spacial score (nSPS) is 10.4. The van der Waals surface area contributed by atoms with Gasteiger partial charge in [0.15, 0.2) is 0 Å².